The van der Waals surface area contributed by atoms with Crippen LogP contribution in [0.2, 0.25) is 0 Å². The Labute approximate surface area is 175 Å². The van der Waals surface area contributed by atoms with Crippen molar-refractivity contribution in [3.63, 3.8) is 0 Å². The minimum absolute atomic E-state index is 0.148. The molecule has 1 saturated carbocycles. The van der Waals surface area contributed by atoms with E-state index in [1.165, 1.54) is 31.0 Å². The van der Waals surface area contributed by atoms with Gasteiger partial charge in [0.15, 0.2) is 11.0 Å². The number of nitrogens with zero attached hydrogens (tertiary/aromatic N) is 5. The summed E-state index contributed by atoms with van der Waals surface area (Å²) in [5, 5.41) is 9.53. The van der Waals surface area contributed by atoms with Crippen LogP contribution < -0.4 is 0 Å². The predicted molar refractivity (Wildman–Crippen MR) is 115 cm³/mol. The summed E-state index contributed by atoms with van der Waals surface area (Å²) in [5.41, 5.74) is 1.91. The third-order valence-electron chi connectivity index (χ3n) is 5.43. The van der Waals surface area contributed by atoms with Gasteiger partial charge < -0.3 is 4.90 Å². The normalized spacial score (nSPS) is 14.7. The molecule has 4 rings (SSSR count). The number of para-hydroxylation sites is 1. The third-order valence-corrected chi connectivity index (χ3v) is 6.34. The number of benzene rings is 1. The van der Waals surface area contributed by atoms with Gasteiger partial charge in [0.2, 0.25) is 5.91 Å². The monoisotopic (exact) mass is 407 g/mol. The summed E-state index contributed by atoms with van der Waals surface area (Å²) in [4.78, 5) is 18.8. The van der Waals surface area contributed by atoms with Gasteiger partial charge in [-0.1, -0.05) is 49.2 Å². The van der Waals surface area contributed by atoms with E-state index in [-0.39, 0.29) is 5.91 Å². The number of thioether (sulfide) groups is 1. The Balaban J connectivity index is 1.56. The highest BCUT2D eigenvalue weighted by Gasteiger charge is 2.23. The van der Waals surface area contributed by atoms with Crippen molar-refractivity contribution in [2.75, 3.05) is 12.8 Å². The summed E-state index contributed by atoms with van der Waals surface area (Å²) >= 11 is 1.44. The molecule has 1 aliphatic rings. The molecule has 2 heterocycles. The van der Waals surface area contributed by atoms with Crippen LogP contribution in [0.5, 0.6) is 0 Å². The smallest absolute Gasteiger partial charge is 0.233 e. The van der Waals surface area contributed by atoms with Gasteiger partial charge in [-0.3, -0.25) is 14.3 Å². The first-order valence-electron chi connectivity index (χ1n) is 10.0. The van der Waals surface area contributed by atoms with E-state index < -0.39 is 0 Å². The Hall–Kier alpha value is -2.67. The van der Waals surface area contributed by atoms with Crippen molar-refractivity contribution >= 4 is 17.7 Å². The van der Waals surface area contributed by atoms with Crippen LogP contribution in [0, 0.1) is 0 Å². The summed E-state index contributed by atoms with van der Waals surface area (Å²) in [6.45, 7) is 0. The molecule has 0 radical (unpaired) electrons. The highest BCUT2D eigenvalue weighted by Crippen LogP contribution is 2.28. The van der Waals surface area contributed by atoms with Gasteiger partial charge in [-0.05, 0) is 37.1 Å². The van der Waals surface area contributed by atoms with Crippen LogP contribution in [0.15, 0.2) is 60.0 Å². The minimum atomic E-state index is 0.148. The SMILES string of the molecule is CN(C(=O)CSc1nnc(-c2ccncc2)n1-c1ccccc1)C1CCCCC1. The number of hydrogen-bond donors (Lipinski definition) is 0. The van der Waals surface area contributed by atoms with Crippen LogP contribution in [0.25, 0.3) is 17.1 Å². The molecule has 7 heteroatoms. The lowest BCUT2D eigenvalue weighted by atomic mass is 9.94. The molecule has 0 unspecified atom stereocenters. The molecule has 1 amide bonds. The molecule has 0 spiro atoms. The van der Waals surface area contributed by atoms with Crippen molar-refractivity contribution in [1.82, 2.24) is 24.6 Å². The van der Waals surface area contributed by atoms with Crippen molar-refractivity contribution in [2.24, 2.45) is 0 Å². The lowest BCUT2D eigenvalue weighted by molar-refractivity contribution is -0.129. The first kappa shape index (κ1) is 19.6. The summed E-state index contributed by atoms with van der Waals surface area (Å²) in [5.74, 6) is 1.25. The second-order valence-electron chi connectivity index (χ2n) is 7.30. The Morgan fingerprint density at radius 2 is 1.79 bits per heavy atom. The second-order valence-corrected chi connectivity index (χ2v) is 8.24. The third kappa shape index (κ3) is 4.50. The summed E-state index contributed by atoms with van der Waals surface area (Å²) in [6.07, 6.45) is 9.42. The van der Waals surface area contributed by atoms with Crippen molar-refractivity contribution in [3.05, 3.63) is 54.9 Å². The molecule has 0 saturated heterocycles. The highest BCUT2D eigenvalue weighted by atomic mass is 32.2. The molecule has 150 valence electrons. The Morgan fingerprint density at radius 3 is 2.52 bits per heavy atom. The average molecular weight is 408 g/mol. The standard InChI is InChI=1S/C22H25N5OS/c1-26(18-8-4-2-5-9-18)20(28)16-29-22-25-24-21(17-12-14-23-15-13-17)27(22)19-10-6-3-7-11-19/h3,6-7,10-15,18H,2,4-5,8-9,16H2,1H3. The maximum Gasteiger partial charge on any atom is 0.233 e. The molecule has 1 aliphatic carbocycles. The fraction of sp³-hybridized carbons (Fsp3) is 0.364. The summed E-state index contributed by atoms with van der Waals surface area (Å²) < 4.78 is 2.01. The van der Waals surface area contributed by atoms with Crippen LogP contribution in [-0.2, 0) is 4.79 Å². The highest BCUT2D eigenvalue weighted by molar-refractivity contribution is 7.99. The molecule has 0 aliphatic heterocycles. The molecule has 6 nitrogen and oxygen atoms in total. The Morgan fingerprint density at radius 1 is 1.07 bits per heavy atom. The fourth-order valence-corrected chi connectivity index (χ4v) is 4.64. The lowest BCUT2D eigenvalue weighted by Gasteiger charge is -2.31. The second kappa shape index (κ2) is 9.22. The summed E-state index contributed by atoms with van der Waals surface area (Å²) in [6, 6.07) is 14.2. The zero-order valence-electron chi connectivity index (χ0n) is 16.6. The quantitative estimate of drug-likeness (QED) is 0.573. The maximum absolute atomic E-state index is 12.8. The molecule has 0 N–H and O–H groups in total. The molecular weight excluding hydrogens is 382 g/mol. The number of pyridine rings is 1. The van der Waals surface area contributed by atoms with Gasteiger partial charge in [0.25, 0.3) is 0 Å². The first-order chi connectivity index (χ1) is 14.2. The molecular formula is C22H25N5OS. The van der Waals surface area contributed by atoms with E-state index in [4.69, 9.17) is 0 Å². The van der Waals surface area contributed by atoms with Crippen molar-refractivity contribution in [1.29, 1.82) is 0 Å². The number of rotatable bonds is 6. The van der Waals surface area contributed by atoms with E-state index >= 15 is 0 Å². The van der Waals surface area contributed by atoms with Gasteiger partial charge in [-0.2, -0.15) is 0 Å². The molecule has 0 atom stereocenters. The molecule has 1 aromatic carbocycles. The Kier molecular flexibility index (Phi) is 6.24. The van der Waals surface area contributed by atoms with Crippen LogP contribution in [-0.4, -0.2) is 49.4 Å². The largest absolute Gasteiger partial charge is 0.342 e. The molecule has 0 bridgehead atoms. The van der Waals surface area contributed by atoms with Crippen molar-refractivity contribution in [3.8, 4) is 17.1 Å². The molecule has 2 aromatic heterocycles. The maximum atomic E-state index is 12.8. The van der Waals surface area contributed by atoms with E-state index in [2.05, 4.69) is 15.2 Å². The number of carbonyl (C=O) groups is 1. The number of carbonyl (C=O) groups excluding carboxylic acids is 1. The van der Waals surface area contributed by atoms with E-state index in [1.54, 1.807) is 12.4 Å². The van der Waals surface area contributed by atoms with E-state index in [1.807, 2.05) is 59.0 Å². The zero-order chi connectivity index (χ0) is 20.1. The number of hydrogen-bond acceptors (Lipinski definition) is 5. The van der Waals surface area contributed by atoms with Gasteiger partial charge in [0.1, 0.15) is 0 Å². The van der Waals surface area contributed by atoms with Crippen molar-refractivity contribution < 1.29 is 4.79 Å². The topological polar surface area (TPSA) is 63.9 Å². The van der Waals surface area contributed by atoms with Gasteiger partial charge >= 0.3 is 0 Å². The minimum Gasteiger partial charge on any atom is -0.342 e. The number of amides is 1. The van der Waals surface area contributed by atoms with Crippen LogP contribution in [0.4, 0.5) is 0 Å². The van der Waals surface area contributed by atoms with Crippen LogP contribution >= 0.6 is 11.8 Å². The number of aromatic nitrogens is 4. The van der Waals surface area contributed by atoms with Gasteiger partial charge in [-0.15, -0.1) is 10.2 Å². The first-order valence-corrected chi connectivity index (χ1v) is 11.0. The van der Waals surface area contributed by atoms with E-state index in [0.29, 0.717) is 17.0 Å². The van der Waals surface area contributed by atoms with Gasteiger partial charge in [-0.25, -0.2) is 0 Å². The van der Waals surface area contributed by atoms with Gasteiger partial charge in [0, 0.05) is 36.7 Å². The summed E-state index contributed by atoms with van der Waals surface area (Å²) in [7, 11) is 1.93. The van der Waals surface area contributed by atoms with E-state index in [9.17, 15) is 4.79 Å². The molecule has 3 aromatic rings. The van der Waals surface area contributed by atoms with Crippen LogP contribution in [0.1, 0.15) is 32.1 Å². The molecule has 29 heavy (non-hydrogen) atoms. The fourth-order valence-electron chi connectivity index (χ4n) is 3.76. The lowest BCUT2D eigenvalue weighted by Crippen LogP contribution is -2.39. The average Bonchev–Trinajstić information content (AvgIpc) is 3.22. The molecule has 1 fully saturated rings. The van der Waals surface area contributed by atoms with Crippen LogP contribution in [0.3, 0.4) is 0 Å². The van der Waals surface area contributed by atoms with Crippen molar-refractivity contribution in [2.45, 2.75) is 43.3 Å². The van der Waals surface area contributed by atoms with Gasteiger partial charge in [0.05, 0.1) is 5.75 Å². The van der Waals surface area contributed by atoms with E-state index in [0.717, 1.165) is 29.9 Å². The Bertz CT molecular complexity index is 938. The zero-order valence-corrected chi connectivity index (χ0v) is 17.4. The predicted octanol–water partition coefficient (Wildman–Crippen LogP) is 4.21.